The summed E-state index contributed by atoms with van der Waals surface area (Å²) < 4.78 is 37.4. The smallest absolute Gasteiger partial charge is 0.245 e. The molecule has 0 fully saturated rings. The molecule has 0 amide bonds. The van der Waals surface area contributed by atoms with Crippen molar-refractivity contribution in [2.75, 3.05) is 11.6 Å². The second-order valence-electron chi connectivity index (χ2n) is 4.07. The Morgan fingerprint density at radius 2 is 2.18 bits per heavy atom. The lowest BCUT2D eigenvalue weighted by Gasteiger charge is -2.17. The zero-order chi connectivity index (χ0) is 16.3. The van der Waals surface area contributed by atoms with Crippen LogP contribution in [-0.2, 0) is 6.18 Å². The van der Waals surface area contributed by atoms with Crippen molar-refractivity contribution in [1.82, 2.24) is 25.2 Å². The van der Waals surface area contributed by atoms with Crippen molar-refractivity contribution < 1.29 is 13.2 Å². The lowest BCUT2D eigenvalue weighted by molar-refractivity contribution is -0.145. The zero-order valence-electron chi connectivity index (χ0n) is 11.6. The van der Waals surface area contributed by atoms with E-state index in [-0.39, 0.29) is 5.84 Å². The summed E-state index contributed by atoms with van der Waals surface area (Å²) >= 11 is 6.02. The van der Waals surface area contributed by atoms with Crippen LogP contribution in [0.15, 0.2) is 23.4 Å². The Hall–Kier alpha value is -2.23. The summed E-state index contributed by atoms with van der Waals surface area (Å²) in [7, 11) is 0. The SMILES string of the molecule is CCN(/N=C(/C)n1nnc(C(F)(F)F)n1)c1ncccc1Cl. The fourth-order valence-electron chi connectivity index (χ4n) is 1.51. The highest BCUT2D eigenvalue weighted by Gasteiger charge is 2.37. The van der Waals surface area contributed by atoms with E-state index < -0.39 is 12.0 Å². The van der Waals surface area contributed by atoms with E-state index in [0.29, 0.717) is 22.2 Å². The molecular formula is C11H11ClF3N7. The van der Waals surface area contributed by atoms with Crippen LogP contribution in [-0.4, -0.2) is 37.6 Å². The number of hydrogen-bond acceptors (Lipinski definition) is 6. The minimum absolute atomic E-state index is 0.0894. The van der Waals surface area contributed by atoms with Crippen LogP contribution in [0.4, 0.5) is 19.0 Å². The molecular weight excluding hydrogens is 323 g/mol. The summed E-state index contributed by atoms with van der Waals surface area (Å²) in [6.07, 6.45) is -3.13. The largest absolute Gasteiger partial charge is 0.455 e. The van der Waals surface area contributed by atoms with Crippen molar-refractivity contribution in [3.8, 4) is 0 Å². The maximum absolute atomic E-state index is 12.5. The number of halogens is 4. The Labute approximate surface area is 128 Å². The van der Waals surface area contributed by atoms with Crippen LogP contribution in [0.2, 0.25) is 5.02 Å². The first-order valence-corrected chi connectivity index (χ1v) is 6.51. The summed E-state index contributed by atoms with van der Waals surface area (Å²) in [4.78, 5) is 4.78. The third-order valence-electron chi connectivity index (χ3n) is 2.51. The molecule has 11 heteroatoms. The van der Waals surface area contributed by atoms with Crippen LogP contribution in [0.3, 0.4) is 0 Å². The van der Waals surface area contributed by atoms with E-state index in [9.17, 15) is 13.2 Å². The molecule has 0 atom stereocenters. The quantitative estimate of drug-likeness (QED) is 0.490. The van der Waals surface area contributed by atoms with Crippen molar-refractivity contribution in [2.24, 2.45) is 5.10 Å². The Morgan fingerprint density at radius 3 is 2.73 bits per heavy atom. The number of tetrazole rings is 1. The van der Waals surface area contributed by atoms with Crippen LogP contribution in [0, 0.1) is 0 Å². The molecule has 0 aliphatic heterocycles. The highest BCUT2D eigenvalue weighted by Crippen LogP contribution is 2.25. The molecule has 2 aromatic rings. The number of hydrogen-bond donors (Lipinski definition) is 0. The van der Waals surface area contributed by atoms with Crippen molar-refractivity contribution in [1.29, 1.82) is 0 Å². The van der Waals surface area contributed by atoms with Crippen LogP contribution < -0.4 is 5.01 Å². The van der Waals surface area contributed by atoms with Gasteiger partial charge in [0.05, 0.1) is 5.02 Å². The summed E-state index contributed by atoms with van der Waals surface area (Å²) in [5.74, 6) is -0.866. The van der Waals surface area contributed by atoms with Gasteiger partial charge in [-0.05, 0) is 31.2 Å². The summed E-state index contributed by atoms with van der Waals surface area (Å²) in [5.41, 5.74) is 0. The van der Waals surface area contributed by atoms with E-state index in [0.717, 1.165) is 0 Å². The summed E-state index contributed by atoms with van der Waals surface area (Å²) in [6, 6.07) is 3.29. The predicted octanol–water partition coefficient (Wildman–Crippen LogP) is 2.45. The molecule has 0 radical (unpaired) electrons. The molecule has 0 unspecified atom stereocenters. The topological polar surface area (TPSA) is 72.1 Å². The normalized spacial score (nSPS) is 12.5. The van der Waals surface area contributed by atoms with Crippen molar-refractivity contribution in [2.45, 2.75) is 20.0 Å². The number of pyridine rings is 1. The van der Waals surface area contributed by atoms with E-state index in [1.54, 1.807) is 19.1 Å². The van der Waals surface area contributed by atoms with Gasteiger partial charge >= 0.3 is 6.18 Å². The fraction of sp³-hybridized carbons (Fsp3) is 0.364. The Morgan fingerprint density at radius 1 is 1.45 bits per heavy atom. The fourth-order valence-corrected chi connectivity index (χ4v) is 1.73. The number of hydrazone groups is 1. The second-order valence-corrected chi connectivity index (χ2v) is 4.48. The van der Waals surface area contributed by atoms with Crippen LogP contribution >= 0.6 is 11.6 Å². The lowest BCUT2D eigenvalue weighted by atomic mass is 10.4. The first kappa shape index (κ1) is 16.1. The molecule has 0 spiro atoms. The molecule has 0 bridgehead atoms. The van der Waals surface area contributed by atoms with Crippen molar-refractivity contribution in [3.63, 3.8) is 0 Å². The highest BCUT2D eigenvalue weighted by molar-refractivity contribution is 6.32. The third kappa shape index (κ3) is 3.50. The molecule has 0 saturated heterocycles. The first-order chi connectivity index (χ1) is 10.3. The average molecular weight is 334 g/mol. The summed E-state index contributed by atoms with van der Waals surface area (Å²) in [5, 5.41) is 15.4. The number of alkyl halides is 3. The molecule has 0 aliphatic rings. The highest BCUT2D eigenvalue weighted by atomic mass is 35.5. The average Bonchev–Trinajstić information content (AvgIpc) is 2.95. The Balaban J connectivity index is 2.30. The molecule has 2 heterocycles. The van der Waals surface area contributed by atoms with E-state index in [1.165, 1.54) is 18.1 Å². The van der Waals surface area contributed by atoms with E-state index in [4.69, 9.17) is 11.6 Å². The number of aromatic nitrogens is 5. The van der Waals surface area contributed by atoms with Crippen molar-refractivity contribution >= 4 is 23.3 Å². The molecule has 0 aromatic carbocycles. The van der Waals surface area contributed by atoms with Crippen LogP contribution in [0.25, 0.3) is 0 Å². The number of rotatable bonds is 3. The van der Waals surface area contributed by atoms with Crippen LogP contribution in [0.1, 0.15) is 19.7 Å². The van der Waals surface area contributed by atoms with E-state index in [2.05, 4.69) is 25.5 Å². The van der Waals surface area contributed by atoms with Gasteiger partial charge in [-0.25, -0.2) is 9.99 Å². The molecule has 22 heavy (non-hydrogen) atoms. The monoisotopic (exact) mass is 333 g/mol. The minimum Gasteiger partial charge on any atom is -0.245 e. The standard InChI is InChI=1S/C11H11ClF3N7/c1-3-21(9-8(12)5-4-6-16-9)18-7(2)22-19-10(17-20-22)11(13,14)15/h4-6H,3H2,1-2H3/b18-7-. The Kier molecular flexibility index (Phi) is 4.59. The van der Waals surface area contributed by atoms with Gasteiger partial charge in [0.2, 0.25) is 0 Å². The van der Waals surface area contributed by atoms with Crippen LogP contribution in [0.5, 0.6) is 0 Å². The molecule has 2 rings (SSSR count). The van der Waals surface area contributed by atoms with Gasteiger partial charge in [-0.1, -0.05) is 11.6 Å². The van der Waals surface area contributed by atoms with Gasteiger partial charge in [0, 0.05) is 12.7 Å². The number of anilines is 1. The van der Waals surface area contributed by atoms with Gasteiger partial charge in [-0.3, -0.25) is 0 Å². The number of nitrogens with zero attached hydrogens (tertiary/aromatic N) is 7. The molecule has 0 aliphatic carbocycles. The van der Waals surface area contributed by atoms with Gasteiger partial charge in [0.15, 0.2) is 11.7 Å². The first-order valence-electron chi connectivity index (χ1n) is 6.13. The minimum atomic E-state index is -4.66. The van der Waals surface area contributed by atoms with E-state index >= 15 is 0 Å². The second kappa shape index (κ2) is 6.26. The van der Waals surface area contributed by atoms with Gasteiger partial charge in [-0.15, -0.1) is 15.0 Å². The van der Waals surface area contributed by atoms with Gasteiger partial charge in [0.25, 0.3) is 5.82 Å². The van der Waals surface area contributed by atoms with Crippen molar-refractivity contribution in [3.05, 3.63) is 29.2 Å². The molecule has 0 N–H and O–H groups in total. The Bertz CT molecular complexity index is 682. The zero-order valence-corrected chi connectivity index (χ0v) is 12.3. The maximum Gasteiger partial charge on any atom is 0.455 e. The predicted molar refractivity (Wildman–Crippen MR) is 73.6 cm³/mol. The van der Waals surface area contributed by atoms with Gasteiger partial charge < -0.3 is 0 Å². The lowest BCUT2D eigenvalue weighted by Crippen LogP contribution is -2.23. The maximum atomic E-state index is 12.5. The molecule has 0 saturated carbocycles. The van der Waals surface area contributed by atoms with E-state index in [1.807, 2.05) is 0 Å². The molecule has 118 valence electrons. The van der Waals surface area contributed by atoms with Gasteiger partial charge in [0.1, 0.15) is 0 Å². The molecule has 7 nitrogen and oxygen atoms in total. The third-order valence-corrected chi connectivity index (χ3v) is 2.80. The van der Waals surface area contributed by atoms with Gasteiger partial charge in [-0.2, -0.15) is 18.3 Å². The molecule has 2 aromatic heterocycles. The summed E-state index contributed by atoms with van der Waals surface area (Å²) in [6.45, 7) is 3.63.